The first-order chi connectivity index (χ1) is 13.4. The summed E-state index contributed by atoms with van der Waals surface area (Å²) in [5, 5.41) is 3.10. The van der Waals surface area contributed by atoms with Crippen LogP contribution in [0, 0.1) is 5.82 Å². The van der Waals surface area contributed by atoms with Crippen molar-refractivity contribution < 1.29 is 18.4 Å². The Morgan fingerprint density at radius 2 is 1.75 bits per heavy atom. The Labute approximate surface area is 169 Å². The van der Waals surface area contributed by atoms with Gasteiger partial charge in [-0.3, -0.25) is 9.59 Å². The number of fused-ring (bicyclic) bond motifs is 1. The minimum absolute atomic E-state index is 0.0761. The third kappa shape index (κ3) is 3.33. The minimum atomic E-state index is -1.00. The van der Waals surface area contributed by atoms with Gasteiger partial charge in [-0.2, -0.15) is 0 Å². The van der Waals surface area contributed by atoms with E-state index in [2.05, 4.69) is 10.3 Å². The van der Waals surface area contributed by atoms with Gasteiger partial charge in [-0.25, -0.2) is 8.78 Å². The number of nitrogens with one attached hydrogen (secondary N) is 2. The maximum atomic E-state index is 13.7. The summed E-state index contributed by atoms with van der Waals surface area (Å²) in [5.74, 6) is -1.09. The average Bonchev–Trinajstić information content (AvgIpc) is 3.27. The molecular formula is C18H18Cl2F2N4O2. The van der Waals surface area contributed by atoms with E-state index in [1.165, 1.54) is 12.1 Å². The van der Waals surface area contributed by atoms with Crippen molar-refractivity contribution in [2.24, 2.45) is 0 Å². The number of halogens is 4. The van der Waals surface area contributed by atoms with E-state index in [-0.39, 0.29) is 45.9 Å². The summed E-state index contributed by atoms with van der Waals surface area (Å²) in [7, 11) is 0. The fraction of sp³-hybridized carbons (Fsp3) is 0.444. The molecule has 2 aromatic rings. The van der Waals surface area contributed by atoms with Gasteiger partial charge in [0.25, 0.3) is 5.91 Å². The van der Waals surface area contributed by atoms with Gasteiger partial charge in [0.1, 0.15) is 17.7 Å². The molecule has 2 N–H and O–H groups in total. The monoisotopic (exact) mass is 430 g/mol. The second-order valence-corrected chi connectivity index (χ2v) is 7.77. The van der Waals surface area contributed by atoms with Crippen LogP contribution in [0.1, 0.15) is 16.9 Å². The van der Waals surface area contributed by atoms with Crippen LogP contribution in [-0.2, 0) is 4.79 Å². The van der Waals surface area contributed by atoms with E-state index in [1.807, 2.05) is 0 Å². The summed E-state index contributed by atoms with van der Waals surface area (Å²) in [5.41, 5.74) is 0.614. The van der Waals surface area contributed by atoms with Crippen molar-refractivity contribution in [3.63, 3.8) is 0 Å². The topological polar surface area (TPSA) is 68.4 Å². The van der Waals surface area contributed by atoms with Gasteiger partial charge in [0, 0.05) is 50.0 Å². The number of alkyl halides is 1. The Kier molecular flexibility index (Phi) is 5.20. The molecule has 2 saturated heterocycles. The second-order valence-electron chi connectivity index (χ2n) is 7.01. The Bertz CT molecular complexity index is 943. The first kappa shape index (κ1) is 19.4. The van der Waals surface area contributed by atoms with Crippen LogP contribution in [0.3, 0.4) is 0 Å². The summed E-state index contributed by atoms with van der Waals surface area (Å²) in [6.07, 6.45) is -0.822. The lowest BCUT2D eigenvalue weighted by Crippen LogP contribution is -2.54. The lowest BCUT2D eigenvalue weighted by atomic mass is 10.1. The molecule has 0 bridgehead atoms. The molecule has 0 radical (unpaired) electrons. The van der Waals surface area contributed by atoms with E-state index >= 15 is 0 Å². The van der Waals surface area contributed by atoms with Gasteiger partial charge in [0.2, 0.25) is 5.91 Å². The molecule has 0 aliphatic carbocycles. The summed E-state index contributed by atoms with van der Waals surface area (Å²) >= 11 is 12.3. The number of hydrogen-bond donors (Lipinski definition) is 2. The fourth-order valence-corrected chi connectivity index (χ4v) is 4.35. The fourth-order valence-electron chi connectivity index (χ4n) is 3.72. The number of carbonyl (C=O) groups is 2. The van der Waals surface area contributed by atoms with Gasteiger partial charge in [0.05, 0.1) is 16.1 Å². The zero-order chi connectivity index (χ0) is 20.0. The summed E-state index contributed by atoms with van der Waals surface area (Å²) in [6.45, 7) is 1.55. The highest BCUT2D eigenvalue weighted by molar-refractivity contribution is 6.44. The zero-order valence-electron chi connectivity index (χ0n) is 14.8. The SMILES string of the molecule is O=C(c1[nH]c2ccc(F)c(Cl)c2c1Cl)N1CCN(C(=O)[C@H]2C[C@@H](F)CN2)CC1. The minimum Gasteiger partial charge on any atom is -0.349 e. The van der Waals surface area contributed by atoms with Crippen molar-refractivity contribution in [1.29, 1.82) is 0 Å². The average molecular weight is 431 g/mol. The number of H-pyrrole nitrogens is 1. The Morgan fingerprint density at radius 1 is 1.07 bits per heavy atom. The van der Waals surface area contributed by atoms with Gasteiger partial charge >= 0.3 is 0 Å². The van der Waals surface area contributed by atoms with Crippen LogP contribution in [0.2, 0.25) is 10.0 Å². The third-order valence-electron chi connectivity index (χ3n) is 5.26. The molecule has 4 rings (SSSR count). The highest BCUT2D eigenvalue weighted by Crippen LogP contribution is 2.35. The molecule has 6 nitrogen and oxygen atoms in total. The molecule has 2 aliphatic heterocycles. The largest absolute Gasteiger partial charge is 0.349 e. The Balaban J connectivity index is 1.46. The van der Waals surface area contributed by atoms with Crippen LogP contribution in [-0.4, -0.2) is 71.5 Å². The number of piperazine rings is 1. The number of aromatic amines is 1. The van der Waals surface area contributed by atoms with Crippen LogP contribution >= 0.6 is 23.2 Å². The standard InChI is InChI=1S/C18H18Cl2F2N4O2/c19-14-10(22)1-2-11-13(14)15(20)16(24-11)18(28)26-5-3-25(4-6-26)17(27)12-7-9(21)8-23-12/h1-2,9,12,23-24H,3-8H2/t9-,12-/m1/s1. The first-order valence-electron chi connectivity index (χ1n) is 8.97. The van der Waals surface area contributed by atoms with E-state index in [0.717, 1.165) is 0 Å². The maximum Gasteiger partial charge on any atom is 0.271 e. The molecule has 1 aromatic heterocycles. The molecule has 150 valence electrons. The van der Waals surface area contributed by atoms with Crippen molar-refractivity contribution in [3.05, 3.63) is 33.7 Å². The molecule has 3 heterocycles. The number of amides is 2. The lowest BCUT2D eigenvalue weighted by molar-refractivity contribution is -0.134. The van der Waals surface area contributed by atoms with E-state index in [4.69, 9.17) is 23.2 Å². The molecule has 2 atom stereocenters. The smallest absolute Gasteiger partial charge is 0.271 e. The predicted molar refractivity (Wildman–Crippen MR) is 102 cm³/mol. The van der Waals surface area contributed by atoms with Crippen LogP contribution in [0.5, 0.6) is 0 Å². The Morgan fingerprint density at radius 3 is 2.39 bits per heavy atom. The van der Waals surface area contributed by atoms with E-state index < -0.39 is 18.0 Å². The lowest BCUT2D eigenvalue weighted by Gasteiger charge is -2.35. The normalized spacial score (nSPS) is 22.9. The summed E-state index contributed by atoms with van der Waals surface area (Å²) in [4.78, 5) is 31.4. The second kappa shape index (κ2) is 7.50. The van der Waals surface area contributed by atoms with Crippen LogP contribution in [0.4, 0.5) is 8.78 Å². The molecule has 2 amide bonds. The van der Waals surface area contributed by atoms with Crippen LogP contribution in [0.15, 0.2) is 12.1 Å². The highest BCUT2D eigenvalue weighted by Gasteiger charge is 2.34. The number of rotatable bonds is 2. The van der Waals surface area contributed by atoms with Crippen molar-refractivity contribution in [1.82, 2.24) is 20.1 Å². The van der Waals surface area contributed by atoms with Gasteiger partial charge < -0.3 is 20.1 Å². The van der Waals surface area contributed by atoms with E-state index in [0.29, 0.717) is 31.7 Å². The molecule has 28 heavy (non-hydrogen) atoms. The zero-order valence-corrected chi connectivity index (χ0v) is 16.3. The number of carbonyl (C=O) groups excluding carboxylic acids is 2. The van der Waals surface area contributed by atoms with Crippen molar-refractivity contribution in [3.8, 4) is 0 Å². The first-order valence-corrected chi connectivity index (χ1v) is 9.73. The molecular weight excluding hydrogens is 413 g/mol. The Hall–Kier alpha value is -1.90. The van der Waals surface area contributed by atoms with E-state index in [9.17, 15) is 18.4 Å². The molecule has 2 fully saturated rings. The molecule has 0 saturated carbocycles. The molecule has 0 spiro atoms. The quantitative estimate of drug-likeness (QED) is 0.769. The van der Waals surface area contributed by atoms with Crippen molar-refractivity contribution in [2.45, 2.75) is 18.6 Å². The number of nitrogens with zero attached hydrogens (tertiary/aromatic N) is 2. The molecule has 2 aliphatic rings. The molecule has 10 heteroatoms. The highest BCUT2D eigenvalue weighted by atomic mass is 35.5. The van der Waals surface area contributed by atoms with Crippen molar-refractivity contribution in [2.75, 3.05) is 32.7 Å². The van der Waals surface area contributed by atoms with E-state index in [1.54, 1.807) is 9.80 Å². The van der Waals surface area contributed by atoms with Crippen LogP contribution < -0.4 is 5.32 Å². The summed E-state index contributed by atoms with van der Waals surface area (Å²) < 4.78 is 27.0. The van der Waals surface area contributed by atoms with Crippen LogP contribution in [0.25, 0.3) is 10.9 Å². The van der Waals surface area contributed by atoms with Gasteiger partial charge in [-0.05, 0) is 12.1 Å². The number of hydrogen-bond acceptors (Lipinski definition) is 3. The molecule has 1 aromatic carbocycles. The number of benzene rings is 1. The maximum absolute atomic E-state index is 13.7. The van der Waals surface area contributed by atoms with Gasteiger partial charge in [-0.1, -0.05) is 23.2 Å². The number of aromatic nitrogens is 1. The summed E-state index contributed by atoms with van der Waals surface area (Å²) in [6, 6.07) is 2.18. The molecule has 0 unspecified atom stereocenters. The van der Waals surface area contributed by atoms with Crippen molar-refractivity contribution >= 4 is 45.9 Å². The third-order valence-corrected chi connectivity index (χ3v) is 6.01. The van der Waals surface area contributed by atoms with Gasteiger partial charge in [-0.15, -0.1) is 0 Å². The predicted octanol–water partition coefficient (Wildman–Crippen LogP) is 2.60. The van der Waals surface area contributed by atoms with Gasteiger partial charge in [0.15, 0.2) is 0 Å².